The lowest BCUT2D eigenvalue weighted by Crippen LogP contribution is -2.29. The molecule has 0 aliphatic heterocycles. The lowest BCUT2D eigenvalue weighted by molar-refractivity contribution is 0.340. The minimum absolute atomic E-state index is 0.297. The number of hydrogen-bond acceptors (Lipinski definition) is 6. The number of benzene rings is 2. The Labute approximate surface area is 184 Å². The van der Waals surface area contributed by atoms with E-state index in [4.69, 9.17) is 4.74 Å². The zero-order valence-electron chi connectivity index (χ0n) is 17.9. The van der Waals surface area contributed by atoms with Crippen LogP contribution in [0.3, 0.4) is 0 Å². The lowest BCUT2D eigenvalue weighted by Gasteiger charge is -2.08. The van der Waals surface area contributed by atoms with Crippen molar-refractivity contribution in [3.63, 3.8) is 0 Å². The number of nitrogens with one attached hydrogen (secondary N) is 2. The highest BCUT2D eigenvalue weighted by molar-refractivity contribution is 5.80. The summed E-state index contributed by atoms with van der Waals surface area (Å²) in [7, 11) is 1.57. The van der Waals surface area contributed by atoms with Gasteiger partial charge in [-0.2, -0.15) is 10.1 Å². The van der Waals surface area contributed by atoms with Gasteiger partial charge in [-0.3, -0.25) is 14.3 Å². The first kappa shape index (κ1) is 21.1. The Morgan fingerprint density at radius 2 is 1.88 bits per heavy atom. The van der Waals surface area contributed by atoms with Gasteiger partial charge in [0, 0.05) is 13.6 Å². The van der Waals surface area contributed by atoms with Gasteiger partial charge in [-0.15, -0.1) is 0 Å². The summed E-state index contributed by atoms with van der Waals surface area (Å²) >= 11 is 0. The highest BCUT2D eigenvalue weighted by Gasteiger charge is 2.17. The largest absolute Gasteiger partial charge is 0.494 e. The molecule has 0 spiro atoms. The van der Waals surface area contributed by atoms with Crippen molar-refractivity contribution in [1.82, 2.24) is 19.1 Å². The molecular weight excluding hydrogens is 408 g/mol. The van der Waals surface area contributed by atoms with Gasteiger partial charge in [-0.05, 0) is 48.7 Å². The summed E-state index contributed by atoms with van der Waals surface area (Å²) in [5, 5.41) is 4.28. The number of ether oxygens (including phenoxy) is 1. The summed E-state index contributed by atoms with van der Waals surface area (Å²) in [6.45, 7) is 3.03. The molecule has 0 saturated carbocycles. The van der Waals surface area contributed by atoms with Crippen molar-refractivity contribution in [2.75, 3.05) is 12.0 Å². The minimum Gasteiger partial charge on any atom is -0.494 e. The molecule has 2 N–H and O–H groups in total. The van der Waals surface area contributed by atoms with Crippen molar-refractivity contribution in [3.05, 3.63) is 86.6 Å². The van der Waals surface area contributed by atoms with Crippen molar-refractivity contribution >= 4 is 23.3 Å². The molecule has 0 amide bonds. The number of aromatic amines is 1. The molecule has 2 aromatic carbocycles. The third kappa shape index (κ3) is 4.46. The standard InChI is InChI=1S/C23H24N6O3/c1-3-32-18-11-9-17(10-12-18)15-24-27-22-25-20-19(21(30)26-23(31)28(20)2)29(22)14-13-16-7-5-4-6-8-16/h4-12,15H,3,13-14H2,1-2H3,(H,25,27)(H,26,30,31)/b24-15-. The van der Waals surface area contributed by atoms with E-state index in [2.05, 4.69) is 20.5 Å². The van der Waals surface area contributed by atoms with Crippen LogP contribution < -0.4 is 21.4 Å². The van der Waals surface area contributed by atoms with Crippen LogP contribution in [0.15, 0.2) is 69.3 Å². The number of imidazole rings is 1. The van der Waals surface area contributed by atoms with Crippen LogP contribution in [-0.2, 0) is 20.0 Å². The lowest BCUT2D eigenvalue weighted by atomic mass is 10.1. The van der Waals surface area contributed by atoms with E-state index in [0.717, 1.165) is 16.9 Å². The number of anilines is 1. The number of fused-ring (bicyclic) bond motifs is 1. The van der Waals surface area contributed by atoms with Crippen molar-refractivity contribution < 1.29 is 4.74 Å². The Morgan fingerprint density at radius 1 is 1.12 bits per heavy atom. The Balaban J connectivity index is 1.64. The van der Waals surface area contributed by atoms with Crippen molar-refractivity contribution in [3.8, 4) is 5.75 Å². The van der Waals surface area contributed by atoms with Gasteiger partial charge in [0.2, 0.25) is 5.95 Å². The van der Waals surface area contributed by atoms with Crippen LogP contribution in [0.1, 0.15) is 18.1 Å². The fourth-order valence-corrected chi connectivity index (χ4v) is 3.40. The van der Waals surface area contributed by atoms with Crippen LogP contribution in [0, 0.1) is 0 Å². The average molecular weight is 432 g/mol. The number of H-pyrrole nitrogens is 1. The predicted octanol–water partition coefficient (Wildman–Crippen LogP) is 2.51. The summed E-state index contributed by atoms with van der Waals surface area (Å²) in [6, 6.07) is 17.5. The second-order valence-electron chi connectivity index (χ2n) is 7.19. The van der Waals surface area contributed by atoms with Gasteiger partial charge in [0.25, 0.3) is 5.56 Å². The van der Waals surface area contributed by atoms with E-state index in [-0.39, 0.29) is 0 Å². The molecule has 2 aromatic heterocycles. The van der Waals surface area contributed by atoms with Gasteiger partial charge in [0.15, 0.2) is 11.2 Å². The normalized spacial score (nSPS) is 11.3. The molecule has 0 fully saturated rings. The van der Waals surface area contributed by atoms with E-state index in [1.54, 1.807) is 17.8 Å². The first-order valence-electron chi connectivity index (χ1n) is 10.3. The summed E-state index contributed by atoms with van der Waals surface area (Å²) < 4.78 is 8.51. The van der Waals surface area contributed by atoms with Gasteiger partial charge in [-0.1, -0.05) is 30.3 Å². The smallest absolute Gasteiger partial charge is 0.329 e. The molecule has 0 aliphatic carbocycles. The monoisotopic (exact) mass is 432 g/mol. The number of hydrazone groups is 1. The molecular formula is C23H24N6O3. The van der Waals surface area contributed by atoms with E-state index in [1.807, 2.05) is 61.5 Å². The van der Waals surface area contributed by atoms with Crippen LogP contribution in [0.2, 0.25) is 0 Å². The zero-order valence-corrected chi connectivity index (χ0v) is 17.9. The van der Waals surface area contributed by atoms with Crippen molar-refractivity contribution in [2.24, 2.45) is 12.1 Å². The van der Waals surface area contributed by atoms with Gasteiger partial charge < -0.3 is 9.30 Å². The predicted molar refractivity (Wildman–Crippen MR) is 125 cm³/mol. The molecule has 0 saturated heterocycles. The highest BCUT2D eigenvalue weighted by Crippen LogP contribution is 2.17. The Kier molecular flexibility index (Phi) is 6.16. The maximum atomic E-state index is 12.6. The second-order valence-corrected chi connectivity index (χ2v) is 7.19. The highest BCUT2D eigenvalue weighted by atomic mass is 16.5. The third-order valence-electron chi connectivity index (χ3n) is 5.04. The minimum atomic E-state index is -0.514. The molecule has 0 bridgehead atoms. The Bertz CT molecular complexity index is 1350. The summed E-state index contributed by atoms with van der Waals surface area (Å²) in [6.07, 6.45) is 2.34. The number of rotatable bonds is 8. The van der Waals surface area contributed by atoms with Gasteiger partial charge in [0.05, 0.1) is 12.8 Å². The molecule has 4 rings (SSSR count). The average Bonchev–Trinajstić information content (AvgIpc) is 3.17. The zero-order chi connectivity index (χ0) is 22.5. The first-order valence-corrected chi connectivity index (χ1v) is 10.3. The number of nitrogens with zero attached hydrogens (tertiary/aromatic N) is 4. The summed E-state index contributed by atoms with van der Waals surface area (Å²) in [4.78, 5) is 31.4. The molecule has 0 atom stereocenters. The topological polar surface area (TPSA) is 106 Å². The molecule has 9 heteroatoms. The number of aromatic nitrogens is 4. The molecule has 0 unspecified atom stereocenters. The number of hydrogen-bond donors (Lipinski definition) is 2. The maximum absolute atomic E-state index is 12.6. The van der Waals surface area contributed by atoms with Crippen LogP contribution in [0.5, 0.6) is 5.75 Å². The Hall–Kier alpha value is -4.14. The number of aryl methyl sites for hydroxylation is 3. The Morgan fingerprint density at radius 3 is 2.59 bits per heavy atom. The van der Waals surface area contributed by atoms with Crippen LogP contribution in [0.25, 0.3) is 11.2 Å². The van der Waals surface area contributed by atoms with Crippen molar-refractivity contribution in [1.29, 1.82) is 0 Å². The van der Waals surface area contributed by atoms with E-state index in [1.165, 1.54) is 4.57 Å². The summed E-state index contributed by atoms with van der Waals surface area (Å²) in [5.74, 6) is 1.17. The molecule has 32 heavy (non-hydrogen) atoms. The molecule has 4 aromatic rings. The molecule has 9 nitrogen and oxygen atoms in total. The molecule has 2 heterocycles. The molecule has 0 radical (unpaired) electrons. The molecule has 0 aliphatic rings. The third-order valence-corrected chi connectivity index (χ3v) is 5.04. The quantitative estimate of drug-likeness (QED) is 0.329. The summed E-state index contributed by atoms with van der Waals surface area (Å²) in [5.41, 5.74) is 4.55. The van der Waals surface area contributed by atoms with Crippen LogP contribution in [-0.4, -0.2) is 31.9 Å². The van der Waals surface area contributed by atoms with E-state index in [9.17, 15) is 9.59 Å². The van der Waals surface area contributed by atoms with Crippen molar-refractivity contribution in [2.45, 2.75) is 19.9 Å². The fraction of sp³-hybridized carbons (Fsp3) is 0.217. The maximum Gasteiger partial charge on any atom is 0.329 e. The second kappa shape index (κ2) is 9.34. The first-order chi connectivity index (χ1) is 15.6. The fourth-order valence-electron chi connectivity index (χ4n) is 3.40. The van der Waals surface area contributed by atoms with Crippen LogP contribution >= 0.6 is 0 Å². The van der Waals surface area contributed by atoms with E-state index >= 15 is 0 Å². The van der Waals surface area contributed by atoms with E-state index < -0.39 is 11.2 Å². The van der Waals surface area contributed by atoms with Gasteiger partial charge in [0.1, 0.15) is 5.75 Å². The molecule has 164 valence electrons. The van der Waals surface area contributed by atoms with Crippen LogP contribution in [0.4, 0.5) is 5.95 Å². The van der Waals surface area contributed by atoms with Gasteiger partial charge in [-0.25, -0.2) is 10.2 Å². The van der Waals surface area contributed by atoms with E-state index in [0.29, 0.717) is 36.7 Å². The van der Waals surface area contributed by atoms with Gasteiger partial charge >= 0.3 is 5.69 Å². The SMILES string of the molecule is CCOc1ccc(/C=N\Nc2nc3c(c(=O)[nH]c(=O)n3C)n2CCc2ccccc2)cc1.